The van der Waals surface area contributed by atoms with Crippen LogP contribution in [-0.4, -0.2) is 103 Å². The van der Waals surface area contributed by atoms with E-state index in [-0.39, 0.29) is 86.9 Å². The van der Waals surface area contributed by atoms with Crippen molar-refractivity contribution in [3.05, 3.63) is 0 Å². The van der Waals surface area contributed by atoms with Gasteiger partial charge in [0, 0.05) is 0 Å². The van der Waals surface area contributed by atoms with Crippen LogP contribution >= 0.6 is 0 Å². The first-order valence-electron chi connectivity index (χ1n) is 5.87. The number of carbonyl (C=O) groups is 2. The first kappa shape index (κ1) is 24.6. The average Bonchev–Trinajstić information content (AvgIpc) is 2.23. The Morgan fingerprint density at radius 1 is 1.11 bits per heavy atom. The van der Waals surface area contributed by atoms with Crippen molar-refractivity contribution in [3.63, 3.8) is 0 Å². The number of hydrogen-bond acceptors (Lipinski definition) is 2. The number of hydrogen-bond donors (Lipinski definition) is 2. The molecule has 0 heterocycles. The van der Waals surface area contributed by atoms with Crippen LogP contribution in [0.5, 0.6) is 0 Å². The molecular formula is C12H24KNaO4. The van der Waals surface area contributed by atoms with Crippen molar-refractivity contribution in [2.45, 2.75) is 52.9 Å². The zero-order valence-corrected chi connectivity index (χ0v) is 10.3. The number of rotatable bonds is 8. The summed E-state index contributed by atoms with van der Waals surface area (Å²) >= 11 is 0. The topological polar surface area (TPSA) is 74.6 Å². The summed E-state index contributed by atoms with van der Waals surface area (Å²) in [7, 11) is 0. The fourth-order valence-electron chi connectivity index (χ4n) is 1.98. The molecule has 0 rings (SSSR count). The molecule has 0 fully saturated rings. The molecule has 0 radical (unpaired) electrons. The fourth-order valence-corrected chi connectivity index (χ4v) is 1.98. The molecule has 2 N–H and O–H groups in total. The maximum atomic E-state index is 11.1. The van der Waals surface area contributed by atoms with Gasteiger partial charge in [-0.3, -0.25) is 9.59 Å². The van der Waals surface area contributed by atoms with E-state index in [1.165, 1.54) is 6.92 Å². The summed E-state index contributed by atoms with van der Waals surface area (Å²) < 4.78 is 0. The molecule has 98 valence electrons. The van der Waals surface area contributed by atoms with Crippen LogP contribution in [0.4, 0.5) is 0 Å². The van der Waals surface area contributed by atoms with E-state index in [0.29, 0.717) is 12.8 Å². The second kappa shape index (κ2) is 12.3. The van der Waals surface area contributed by atoms with Crippen LogP contribution < -0.4 is 0 Å². The summed E-state index contributed by atoms with van der Waals surface area (Å²) in [5.74, 6) is -2.76. The van der Waals surface area contributed by atoms with E-state index < -0.39 is 17.4 Å². The van der Waals surface area contributed by atoms with Gasteiger partial charge in [-0.05, 0) is 19.3 Å². The Balaban J connectivity index is -0.00000112. The van der Waals surface area contributed by atoms with E-state index in [2.05, 4.69) is 6.92 Å². The van der Waals surface area contributed by atoms with E-state index in [1.807, 2.05) is 6.92 Å². The van der Waals surface area contributed by atoms with Gasteiger partial charge in [0.05, 0.1) is 0 Å². The van der Waals surface area contributed by atoms with E-state index >= 15 is 0 Å². The minimum absolute atomic E-state index is 0. The second-order valence-corrected chi connectivity index (χ2v) is 4.41. The van der Waals surface area contributed by atoms with Crippen LogP contribution in [0.2, 0.25) is 0 Å². The summed E-state index contributed by atoms with van der Waals surface area (Å²) in [4.78, 5) is 22.2. The molecule has 1 atom stereocenters. The molecule has 0 spiro atoms. The van der Waals surface area contributed by atoms with Gasteiger partial charge in [0.15, 0.2) is 5.41 Å². The molecular weight excluding hydrogens is 270 g/mol. The van der Waals surface area contributed by atoms with Crippen LogP contribution in [0.3, 0.4) is 0 Å². The Morgan fingerprint density at radius 3 is 1.83 bits per heavy atom. The summed E-state index contributed by atoms with van der Waals surface area (Å²) in [5, 5.41) is 18.2. The molecule has 0 saturated heterocycles. The van der Waals surface area contributed by atoms with E-state index in [0.717, 1.165) is 19.3 Å². The van der Waals surface area contributed by atoms with Gasteiger partial charge in [-0.25, -0.2) is 0 Å². The molecule has 18 heavy (non-hydrogen) atoms. The van der Waals surface area contributed by atoms with Gasteiger partial charge >= 0.3 is 92.9 Å². The predicted molar refractivity (Wildman–Crippen MR) is 75.6 cm³/mol. The molecule has 0 aliphatic rings. The molecule has 1 unspecified atom stereocenters. The molecule has 0 saturated carbocycles. The van der Waals surface area contributed by atoms with Gasteiger partial charge in [-0.15, -0.1) is 0 Å². The molecule has 0 aromatic carbocycles. The number of unbranched alkanes of at least 4 members (excludes halogenated alkanes) is 2. The Morgan fingerprint density at radius 2 is 1.56 bits per heavy atom. The normalized spacial score (nSPS) is 11.9. The summed E-state index contributed by atoms with van der Waals surface area (Å²) in [6.45, 7) is 5.23. The maximum absolute atomic E-state index is 11.1. The Labute approximate surface area is 174 Å². The fraction of sp³-hybridized carbons (Fsp3) is 0.833. The SMILES string of the molecule is CCCCCC(CC)C(C)(C(=O)O)C(=O)O.[KH].[NaH]. The Kier molecular flexibility index (Phi) is 16.8. The van der Waals surface area contributed by atoms with Crippen LogP contribution in [0.25, 0.3) is 0 Å². The van der Waals surface area contributed by atoms with Crippen molar-refractivity contribution in [1.82, 2.24) is 0 Å². The molecule has 0 aromatic rings. The van der Waals surface area contributed by atoms with Crippen LogP contribution in [0, 0.1) is 11.3 Å². The average molecular weight is 294 g/mol. The van der Waals surface area contributed by atoms with Gasteiger partial charge < -0.3 is 10.2 Å². The summed E-state index contributed by atoms with van der Waals surface area (Å²) in [5.41, 5.74) is -1.65. The Bertz CT molecular complexity index is 244. The summed E-state index contributed by atoms with van der Waals surface area (Å²) in [6.07, 6.45) is 4.21. The summed E-state index contributed by atoms with van der Waals surface area (Å²) in [6, 6.07) is 0. The molecule has 0 aliphatic heterocycles. The zero-order valence-electron chi connectivity index (χ0n) is 10.3. The molecule has 0 aliphatic carbocycles. The van der Waals surface area contributed by atoms with Crippen molar-refractivity contribution in [3.8, 4) is 0 Å². The van der Waals surface area contributed by atoms with Crippen molar-refractivity contribution < 1.29 is 19.8 Å². The van der Waals surface area contributed by atoms with Gasteiger partial charge in [-0.2, -0.15) is 0 Å². The van der Waals surface area contributed by atoms with Crippen LogP contribution in [0.15, 0.2) is 0 Å². The van der Waals surface area contributed by atoms with Gasteiger partial charge in [0.2, 0.25) is 0 Å². The quantitative estimate of drug-likeness (QED) is 0.404. The standard InChI is InChI=1S/C12H22O4.K.Na.2H/c1-4-6-7-8-9(5-2)12(3,10(13)14)11(15)16;;;;/h9H,4-8H2,1-3H3,(H,13,14)(H,15,16);;;;. The second-order valence-electron chi connectivity index (χ2n) is 4.41. The van der Waals surface area contributed by atoms with Crippen molar-refractivity contribution in [1.29, 1.82) is 0 Å². The minimum atomic E-state index is -1.65. The number of carboxylic acid groups (broad SMARTS) is 2. The molecule has 4 nitrogen and oxygen atoms in total. The molecule has 0 bridgehead atoms. The molecule has 0 aromatic heterocycles. The van der Waals surface area contributed by atoms with Gasteiger partial charge in [0.1, 0.15) is 0 Å². The predicted octanol–water partition coefficient (Wildman–Crippen LogP) is 1.47. The van der Waals surface area contributed by atoms with E-state index in [9.17, 15) is 9.59 Å². The third-order valence-corrected chi connectivity index (χ3v) is 3.35. The van der Waals surface area contributed by atoms with Crippen LogP contribution in [0.1, 0.15) is 52.9 Å². The van der Waals surface area contributed by atoms with Crippen molar-refractivity contribution in [2.24, 2.45) is 11.3 Å². The van der Waals surface area contributed by atoms with E-state index in [1.54, 1.807) is 0 Å². The first-order valence-corrected chi connectivity index (χ1v) is 5.87. The third kappa shape index (κ3) is 6.84. The van der Waals surface area contributed by atoms with Gasteiger partial charge in [-0.1, -0.05) is 39.5 Å². The van der Waals surface area contributed by atoms with Crippen molar-refractivity contribution in [2.75, 3.05) is 0 Å². The van der Waals surface area contributed by atoms with Crippen molar-refractivity contribution >= 4 is 92.9 Å². The zero-order chi connectivity index (χ0) is 12.8. The van der Waals surface area contributed by atoms with Crippen LogP contribution in [-0.2, 0) is 9.59 Å². The molecule has 0 amide bonds. The molecule has 6 heteroatoms. The third-order valence-electron chi connectivity index (χ3n) is 3.35. The first-order chi connectivity index (χ1) is 7.41. The monoisotopic (exact) mass is 294 g/mol. The van der Waals surface area contributed by atoms with Gasteiger partial charge in [0.25, 0.3) is 0 Å². The number of carboxylic acids is 2. The van der Waals surface area contributed by atoms with E-state index in [4.69, 9.17) is 10.2 Å². The Hall–Kier alpha value is 1.58. The number of aliphatic carboxylic acids is 2.